The molecule has 0 saturated heterocycles. The minimum Gasteiger partial charge on any atom is -0.295 e. The quantitative estimate of drug-likeness (QED) is 0.388. The zero-order valence-electron chi connectivity index (χ0n) is 14.6. The second kappa shape index (κ2) is 5.44. The summed E-state index contributed by atoms with van der Waals surface area (Å²) in [5.41, 5.74) is 2.12. The molecule has 0 heterocycles. The van der Waals surface area contributed by atoms with E-state index in [4.69, 9.17) is 0 Å². The first kappa shape index (κ1) is 16.4. The first-order valence-corrected chi connectivity index (χ1v) is 10.7. The highest BCUT2D eigenvalue weighted by Gasteiger charge is 2.58. The fourth-order valence-electron chi connectivity index (χ4n) is 6.79. The van der Waals surface area contributed by atoms with Crippen LogP contribution in [0.4, 0.5) is 0 Å². The second-order valence-corrected chi connectivity index (χ2v) is 11.0. The van der Waals surface area contributed by atoms with Crippen molar-refractivity contribution in [3.63, 3.8) is 0 Å². The molecule has 4 aliphatic carbocycles. The maximum absolute atomic E-state index is 11.9. The van der Waals surface area contributed by atoms with Gasteiger partial charge in [-0.1, -0.05) is 55.5 Å². The predicted molar refractivity (Wildman–Crippen MR) is 104 cm³/mol. The number of allylic oxidation sites excluding steroid dienone is 4. The molecule has 2 saturated carbocycles. The first-order chi connectivity index (χ1) is 10.9. The number of fused-ring (bicyclic) bond motifs is 5. The highest BCUT2D eigenvalue weighted by Crippen LogP contribution is 2.65. The lowest BCUT2D eigenvalue weighted by atomic mass is 9.48. The van der Waals surface area contributed by atoms with Gasteiger partial charge in [0.05, 0.1) is 0 Å². The number of ketones is 1. The molecule has 2 fully saturated rings. The van der Waals surface area contributed by atoms with Crippen LogP contribution in [0.5, 0.6) is 0 Å². The van der Waals surface area contributed by atoms with E-state index in [0.717, 1.165) is 40.4 Å². The van der Waals surface area contributed by atoms with E-state index in [1.165, 1.54) is 31.3 Å². The van der Waals surface area contributed by atoms with E-state index in [0.29, 0.717) is 11.2 Å². The smallest absolute Gasteiger partial charge is 0.156 e. The molecule has 0 radical (unpaired) electrons. The van der Waals surface area contributed by atoms with Crippen LogP contribution in [0.1, 0.15) is 59.3 Å². The van der Waals surface area contributed by atoms with E-state index in [1.807, 2.05) is 6.08 Å². The van der Waals surface area contributed by atoms with Gasteiger partial charge in [0, 0.05) is 10.3 Å². The van der Waals surface area contributed by atoms with Crippen molar-refractivity contribution in [1.82, 2.24) is 0 Å². The third-order valence-corrected chi connectivity index (χ3v) is 9.01. The molecule has 0 aromatic heterocycles. The number of alkyl halides is 1. The molecule has 23 heavy (non-hydrogen) atoms. The van der Waals surface area contributed by atoms with Crippen LogP contribution in [-0.2, 0) is 4.79 Å². The highest BCUT2D eigenvalue weighted by atomic mass is 127. The maximum atomic E-state index is 11.9. The van der Waals surface area contributed by atoms with Crippen LogP contribution in [-0.4, -0.2) is 9.71 Å². The van der Waals surface area contributed by atoms with Gasteiger partial charge in [-0.25, -0.2) is 0 Å². The lowest BCUT2D eigenvalue weighted by Gasteiger charge is -2.56. The molecule has 2 heteroatoms. The summed E-state index contributed by atoms with van der Waals surface area (Å²) in [7, 11) is 0. The first-order valence-electron chi connectivity index (χ1n) is 9.43. The average molecular weight is 424 g/mol. The van der Waals surface area contributed by atoms with Gasteiger partial charge in [-0.2, -0.15) is 0 Å². The van der Waals surface area contributed by atoms with Gasteiger partial charge >= 0.3 is 0 Å². The van der Waals surface area contributed by atoms with Gasteiger partial charge in [-0.3, -0.25) is 4.79 Å². The summed E-state index contributed by atoms with van der Waals surface area (Å²) in [6.45, 7) is 7.45. The van der Waals surface area contributed by atoms with E-state index in [9.17, 15) is 4.79 Å². The zero-order chi connectivity index (χ0) is 16.4. The molecule has 7 atom stereocenters. The Morgan fingerprint density at radius 3 is 2.70 bits per heavy atom. The number of hydrogen-bond donors (Lipinski definition) is 0. The molecule has 7 unspecified atom stereocenters. The van der Waals surface area contributed by atoms with Crippen molar-refractivity contribution in [2.75, 3.05) is 0 Å². The van der Waals surface area contributed by atoms with Crippen molar-refractivity contribution in [3.8, 4) is 0 Å². The summed E-state index contributed by atoms with van der Waals surface area (Å²) >= 11 is 2.66. The average Bonchev–Trinajstić information content (AvgIpc) is 2.85. The molecule has 0 aromatic rings. The Kier molecular flexibility index (Phi) is 3.87. The molecule has 0 amide bonds. The molecule has 0 N–H and O–H groups in total. The van der Waals surface area contributed by atoms with E-state index in [2.05, 4.69) is 55.5 Å². The van der Waals surface area contributed by atoms with Gasteiger partial charge in [0.25, 0.3) is 0 Å². The SMILES string of the molecule is CC(I)C1CCC2C3C=CC4=CC(=O)CCC4(C)C3CCC12C. The molecule has 4 rings (SSSR count). The summed E-state index contributed by atoms with van der Waals surface area (Å²) in [6, 6.07) is 0. The van der Waals surface area contributed by atoms with Gasteiger partial charge in [-0.15, -0.1) is 0 Å². The van der Waals surface area contributed by atoms with Crippen LogP contribution in [0.15, 0.2) is 23.8 Å². The predicted octanol–water partition coefficient (Wildman–Crippen LogP) is 5.73. The number of carbonyl (C=O) groups excluding carboxylic acids is 1. The van der Waals surface area contributed by atoms with Crippen LogP contribution < -0.4 is 0 Å². The fraction of sp³-hybridized carbons (Fsp3) is 0.762. The monoisotopic (exact) mass is 424 g/mol. The standard InChI is InChI=1S/C21H29IO/c1-13(22)17-6-7-18-16-5-4-14-12-15(23)8-10-20(14,2)19(16)9-11-21(17,18)3/h4-5,12-13,16-19H,6-11H2,1-3H3. The maximum Gasteiger partial charge on any atom is 0.156 e. The van der Waals surface area contributed by atoms with Crippen molar-refractivity contribution in [2.45, 2.75) is 63.2 Å². The molecule has 126 valence electrons. The Bertz CT molecular complexity index is 589. The van der Waals surface area contributed by atoms with E-state index < -0.39 is 0 Å². The summed E-state index contributed by atoms with van der Waals surface area (Å²) in [5.74, 6) is 3.58. The third-order valence-electron chi connectivity index (χ3n) is 8.14. The van der Waals surface area contributed by atoms with Gasteiger partial charge in [0.2, 0.25) is 0 Å². The molecule has 0 spiro atoms. The van der Waals surface area contributed by atoms with E-state index >= 15 is 0 Å². The van der Waals surface area contributed by atoms with Gasteiger partial charge < -0.3 is 0 Å². The topological polar surface area (TPSA) is 17.1 Å². The van der Waals surface area contributed by atoms with Crippen LogP contribution in [0.3, 0.4) is 0 Å². The Labute approximate surface area is 154 Å². The van der Waals surface area contributed by atoms with Crippen LogP contribution in [0.25, 0.3) is 0 Å². The van der Waals surface area contributed by atoms with Crippen molar-refractivity contribution in [2.24, 2.45) is 34.5 Å². The molecule has 4 aliphatic rings. The number of carbonyl (C=O) groups is 1. The molecule has 0 bridgehead atoms. The third kappa shape index (κ3) is 2.26. The summed E-state index contributed by atoms with van der Waals surface area (Å²) < 4.78 is 0.782. The van der Waals surface area contributed by atoms with Crippen molar-refractivity contribution < 1.29 is 4.79 Å². The minimum absolute atomic E-state index is 0.253. The van der Waals surface area contributed by atoms with E-state index in [-0.39, 0.29) is 5.41 Å². The molecule has 1 nitrogen and oxygen atoms in total. The molecule has 0 aromatic carbocycles. The van der Waals surface area contributed by atoms with Gasteiger partial charge in [0.1, 0.15) is 0 Å². The van der Waals surface area contributed by atoms with Crippen LogP contribution >= 0.6 is 22.6 Å². The molecule has 0 aliphatic heterocycles. The van der Waals surface area contributed by atoms with Crippen molar-refractivity contribution in [1.29, 1.82) is 0 Å². The molecular formula is C21H29IO. The Balaban J connectivity index is 1.71. The lowest BCUT2D eigenvalue weighted by Crippen LogP contribution is -2.49. The van der Waals surface area contributed by atoms with Gasteiger partial charge in [-0.05, 0) is 78.3 Å². The number of rotatable bonds is 1. The van der Waals surface area contributed by atoms with Crippen LogP contribution in [0.2, 0.25) is 0 Å². The van der Waals surface area contributed by atoms with Crippen LogP contribution in [0, 0.1) is 34.5 Å². The number of hydrogen-bond acceptors (Lipinski definition) is 1. The van der Waals surface area contributed by atoms with Gasteiger partial charge in [0.15, 0.2) is 5.78 Å². The second-order valence-electron chi connectivity index (χ2n) is 9.04. The zero-order valence-corrected chi connectivity index (χ0v) is 16.8. The largest absolute Gasteiger partial charge is 0.295 e. The fourth-order valence-corrected chi connectivity index (χ4v) is 7.97. The number of halogens is 1. The highest BCUT2D eigenvalue weighted by molar-refractivity contribution is 14.1. The minimum atomic E-state index is 0.253. The summed E-state index contributed by atoms with van der Waals surface area (Å²) in [5, 5.41) is 0. The Hall–Kier alpha value is -0.120. The Morgan fingerprint density at radius 2 is 1.96 bits per heavy atom. The normalized spacial score (nSPS) is 49.9. The summed E-state index contributed by atoms with van der Waals surface area (Å²) in [4.78, 5) is 11.9. The Morgan fingerprint density at radius 1 is 1.17 bits per heavy atom. The lowest BCUT2D eigenvalue weighted by molar-refractivity contribution is -0.116. The van der Waals surface area contributed by atoms with Crippen molar-refractivity contribution >= 4 is 28.4 Å². The molecular weight excluding hydrogens is 395 g/mol. The van der Waals surface area contributed by atoms with Crippen molar-refractivity contribution in [3.05, 3.63) is 23.8 Å². The summed E-state index contributed by atoms with van der Waals surface area (Å²) in [6.07, 6.45) is 14.2. The van der Waals surface area contributed by atoms with E-state index in [1.54, 1.807) is 0 Å².